The predicted octanol–water partition coefficient (Wildman–Crippen LogP) is 4.75. The fourth-order valence-electron chi connectivity index (χ4n) is 4.96. The van der Waals surface area contributed by atoms with Crippen LogP contribution in [-0.2, 0) is 11.3 Å². The van der Waals surface area contributed by atoms with Crippen LogP contribution >= 0.6 is 0 Å². The first-order valence-electron chi connectivity index (χ1n) is 13.3. The minimum Gasteiger partial charge on any atom is -0.497 e. The Morgan fingerprint density at radius 3 is 2.60 bits per heavy atom. The largest absolute Gasteiger partial charge is 0.497 e. The van der Waals surface area contributed by atoms with E-state index in [2.05, 4.69) is 4.98 Å². The van der Waals surface area contributed by atoms with Crippen LogP contribution in [-0.4, -0.2) is 40.1 Å². The number of nitrogens with zero attached hydrogens (tertiary/aromatic N) is 4. The monoisotopic (exact) mass is 569 g/mol. The molecule has 3 aromatic carbocycles. The van der Waals surface area contributed by atoms with Crippen LogP contribution in [0.4, 0.5) is 10.1 Å². The van der Waals surface area contributed by atoms with Crippen molar-refractivity contribution >= 4 is 22.5 Å². The summed E-state index contributed by atoms with van der Waals surface area (Å²) >= 11 is 0. The van der Waals surface area contributed by atoms with Crippen LogP contribution in [0.1, 0.15) is 22.5 Å². The van der Waals surface area contributed by atoms with Gasteiger partial charge in [-0.15, -0.1) is 0 Å². The number of carbonyl (C=O) groups excluding carboxylic acids is 1. The second-order valence-electron chi connectivity index (χ2n) is 9.86. The number of anilines is 1. The number of methoxy groups -OCH3 is 1. The molecule has 6 rings (SSSR count). The summed E-state index contributed by atoms with van der Waals surface area (Å²) in [7, 11) is 1.56. The average molecular weight is 570 g/mol. The lowest BCUT2D eigenvalue weighted by Gasteiger charge is -2.28. The summed E-state index contributed by atoms with van der Waals surface area (Å²) < 4.78 is 35.2. The van der Waals surface area contributed by atoms with Crippen LogP contribution < -0.4 is 25.9 Å². The smallest absolute Gasteiger partial charge is 0.284 e. The van der Waals surface area contributed by atoms with Gasteiger partial charge in [0, 0.05) is 30.3 Å². The fraction of sp³-hybridized carbons (Fsp3) is 0.194. The number of aromatic nitrogens is 3. The van der Waals surface area contributed by atoms with Crippen LogP contribution in [0.25, 0.3) is 16.6 Å². The molecule has 1 aliphatic heterocycles. The van der Waals surface area contributed by atoms with Crippen molar-refractivity contribution in [3.63, 3.8) is 0 Å². The van der Waals surface area contributed by atoms with Crippen LogP contribution in [0, 0.1) is 12.7 Å². The highest BCUT2D eigenvalue weighted by atomic mass is 19.1. The number of para-hydroxylation sites is 1. The highest BCUT2D eigenvalue weighted by molar-refractivity contribution is 6.06. The molecule has 1 saturated heterocycles. The molecule has 0 spiro atoms. The van der Waals surface area contributed by atoms with E-state index in [4.69, 9.17) is 20.1 Å². The van der Waals surface area contributed by atoms with Crippen molar-refractivity contribution in [2.75, 3.05) is 18.7 Å². The molecule has 214 valence electrons. The number of hydrogen-bond acceptors (Lipinski definition) is 7. The number of ether oxygens (including phenoxy) is 3. The van der Waals surface area contributed by atoms with Gasteiger partial charge >= 0.3 is 0 Å². The molecule has 1 unspecified atom stereocenters. The van der Waals surface area contributed by atoms with E-state index in [0.717, 1.165) is 17.5 Å². The van der Waals surface area contributed by atoms with E-state index in [-0.39, 0.29) is 23.1 Å². The van der Waals surface area contributed by atoms with Gasteiger partial charge in [-0.25, -0.2) is 19.9 Å². The van der Waals surface area contributed by atoms with Crippen molar-refractivity contribution in [3.05, 3.63) is 106 Å². The zero-order chi connectivity index (χ0) is 29.4. The highest BCUT2D eigenvalue weighted by Crippen LogP contribution is 2.33. The quantitative estimate of drug-likeness (QED) is 0.163. The lowest BCUT2D eigenvalue weighted by atomic mass is 10.2. The number of nitrogens with two attached hydrogens (primary N) is 1. The van der Waals surface area contributed by atoms with Gasteiger partial charge in [0.2, 0.25) is 0 Å². The molecule has 1 atom stereocenters. The van der Waals surface area contributed by atoms with Gasteiger partial charge in [-0.05, 0) is 55.8 Å². The van der Waals surface area contributed by atoms with E-state index in [1.807, 2.05) is 18.2 Å². The molecule has 0 aliphatic carbocycles. The summed E-state index contributed by atoms with van der Waals surface area (Å²) in [6, 6.07) is 19.8. The molecule has 0 saturated carbocycles. The lowest BCUT2D eigenvalue weighted by Crippen LogP contribution is -2.40. The topological polar surface area (TPSA) is 114 Å². The Morgan fingerprint density at radius 1 is 1.12 bits per heavy atom. The normalized spacial score (nSPS) is 14.4. The Labute approximate surface area is 240 Å². The maximum absolute atomic E-state index is 15.3. The Hall–Kier alpha value is -5.00. The summed E-state index contributed by atoms with van der Waals surface area (Å²) in [5, 5.41) is 1.43. The van der Waals surface area contributed by atoms with E-state index in [1.54, 1.807) is 61.3 Å². The molecule has 0 bridgehead atoms. The SMILES string of the molecule is COc1ccc2c(Oc3ccc(N(N)C(=O)c4c(C)n(CC5CCO5)n(-c5ccccc5)c4=O)cc3F)ccnc2c1. The molecular weight excluding hydrogens is 541 g/mol. The van der Waals surface area contributed by atoms with Crippen LogP contribution in [0.15, 0.2) is 83.8 Å². The van der Waals surface area contributed by atoms with E-state index in [9.17, 15) is 9.59 Å². The Bertz CT molecular complexity index is 1850. The number of halogens is 1. The summed E-state index contributed by atoms with van der Waals surface area (Å²) in [6.07, 6.45) is 2.34. The lowest BCUT2D eigenvalue weighted by molar-refractivity contribution is -0.0621. The zero-order valence-corrected chi connectivity index (χ0v) is 23.0. The average Bonchev–Trinajstić information content (AvgIpc) is 3.23. The zero-order valence-electron chi connectivity index (χ0n) is 23.0. The van der Waals surface area contributed by atoms with Crippen LogP contribution in [0.5, 0.6) is 17.2 Å². The van der Waals surface area contributed by atoms with Crippen LogP contribution in [0.2, 0.25) is 0 Å². The Morgan fingerprint density at radius 2 is 1.90 bits per heavy atom. The Balaban J connectivity index is 1.30. The van der Waals surface area contributed by atoms with Crippen molar-refractivity contribution in [1.29, 1.82) is 0 Å². The van der Waals surface area contributed by atoms with Gasteiger partial charge < -0.3 is 14.2 Å². The van der Waals surface area contributed by atoms with Gasteiger partial charge in [-0.3, -0.25) is 19.3 Å². The number of pyridine rings is 1. The van der Waals surface area contributed by atoms with Crippen molar-refractivity contribution in [2.45, 2.75) is 26.0 Å². The van der Waals surface area contributed by atoms with Gasteiger partial charge in [0.1, 0.15) is 17.1 Å². The standard InChI is InChI=1S/C31H28FN5O5/c1-19-29(31(39)37(20-6-4-3-5-7-20)35(19)18-23-13-15-41-23)30(38)36(33)21-8-11-28(25(32)16-21)42-27-12-14-34-26-17-22(40-2)9-10-24(26)27/h3-12,14,16-17,23H,13,15,18,33H2,1-2H3. The number of amides is 1. The molecule has 0 radical (unpaired) electrons. The second-order valence-corrected chi connectivity index (χ2v) is 9.86. The number of fused-ring (bicyclic) bond motifs is 1. The molecule has 42 heavy (non-hydrogen) atoms. The van der Waals surface area contributed by atoms with Gasteiger partial charge in [-0.1, -0.05) is 18.2 Å². The molecule has 10 nitrogen and oxygen atoms in total. The predicted molar refractivity (Wildman–Crippen MR) is 155 cm³/mol. The van der Waals surface area contributed by atoms with Crippen molar-refractivity contribution in [2.24, 2.45) is 5.84 Å². The maximum atomic E-state index is 15.3. The minimum atomic E-state index is -0.766. The number of carbonyl (C=O) groups is 1. The first-order chi connectivity index (χ1) is 20.4. The summed E-state index contributed by atoms with van der Waals surface area (Å²) in [5.74, 6) is 5.64. The number of benzene rings is 3. The first kappa shape index (κ1) is 27.2. The Kier molecular flexibility index (Phi) is 7.19. The van der Waals surface area contributed by atoms with E-state index in [1.165, 1.54) is 16.8 Å². The summed E-state index contributed by atoms with van der Waals surface area (Å²) in [4.78, 5) is 31.6. The number of rotatable bonds is 8. The first-order valence-corrected chi connectivity index (χ1v) is 13.3. The highest BCUT2D eigenvalue weighted by Gasteiger charge is 2.30. The number of hydrogen-bond donors (Lipinski definition) is 1. The van der Waals surface area contributed by atoms with E-state index < -0.39 is 17.3 Å². The third-order valence-electron chi connectivity index (χ3n) is 7.32. The third-order valence-corrected chi connectivity index (χ3v) is 7.32. The number of hydrazine groups is 1. The maximum Gasteiger partial charge on any atom is 0.284 e. The van der Waals surface area contributed by atoms with Crippen molar-refractivity contribution in [1.82, 2.24) is 14.3 Å². The van der Waals surface area contributed by atoms with Gasteiger partial charge in [0.25, 0.3) is 11.5 Å². The van der Waals surface area contributed by atoms with Crippen molar-refractivity contribution in [3.8, 4) is 22.9 Å². The molecule has 3 heterocycles. The van der Waals surface area contributed by atoms with Gasteiger partial charge in [-0.2, -0.15) is 0 Å². The minimum absolute atomic E-state index is 0.0503. The molecule has 1 amide bonds. The fourth-order valence-corrected chi connectivity index (χ4v) is 4.96. The molecule has 2 aromatic heterocycles. The molecular formula is C31H28FN5O5. The second kappa shape index (κ2) is 11.1. The molecule has 1 aliphatic rings. The molecule has 5 aromatic rings. The molecule has 2 N–H and O–H groups in total. The molecule has 11 heteroatoms. The van der Waals surface area contributed by atoms with Crippen molar-refractivity contribution < 1.29 is 23.4 Å². The summed E-state index contributed by atoms with van der Waals surface area (Å²) in [6.45, 7) is 2.73. The van der Waals surface area contributed by atoms with Gasteiger partial charge in [0.15, 0.2) is 11.6 Å². The molecule has 1 fully saturated rings. The van der Waals surface area contributed by atoms with E-state index in [0.29, 0.717) is 46.9 Å². The van der Waals surface area contributed by atoms with Gasteiger partial charge in [0.05, 0.1) is 42.3 Å². The van der Waals surface area contributed by atoms with E-state index >= 15 is 4.39 Å². The van der Waals surface area contributed by atoms with Crippen LogP contribution in [0.3, 0.4) is 0 Å². The summed E-state index contributed by atoms with van der Waals surface area (Å²) in [5.41, 5.74) is 1.06. The third kappa shape index (κ3) is 4.89.